The Bertz CT molecular complexity index is 425. The molecule has 2 aromatic rings. The second-order valence-corrected chi connectivity index (χ2v) is 4.52. The summed E-state index contributed by atoms with van der Waals surface area (Å²) in [5.74, 6) is 5.54. The average Bonchev–Trinajstić information content (AvgIpc) is 2.82. The smallest absolute Gasteiger partial charge is 0.0950 e. The van der Waals surface area contributed by atoms with Gasteiger partial charge in [-0.2, -0.15) is 0 Å². The van der Waals surface area contributed by atoms with Crippen molar-refractivity contribution in [1.29, 1.82) is 0 Å². The summed E-state index contributed by atoms with van der Waals surface area (Å²) in [6.07, 6.45) is 4.20. The third kappa shape index (κ3) is 2.72. The lowest BCUT2D eigenvalue weighted by molar-refractivity contribution is 0.525. The van der Waals surface area contributed by atoms with E-state index in [1.54, 1.807) is 12.5 Å². The van der Waals surface area contributed by atoms with Gasteiger partial charge in [-0.3, -0.25) is 11.3 Å². The molecule has 3 nitrogen and oxygen atoms in total. The summed E-state index contributed by atoms with van der Waals surface area (Å²) in [6.45, 7) is 0. The maximum absolute atomic E-state index is 5.54. The molecule has 1 aromatic carbocycles. The highest BCUT2D eigenvalue weighted by atomic mass is 79.9. The number of hydrazine groups is 1. The van der Waals surface area contributed by atoms with Gasteiger partial charge in [-0.05, 0) is 30.2 Å². The molecule has 1 heterocycles. The lowest BCUT2D eigenvalue weighted by Gasteiger charge is -2.13. The van der Waals surface area contributed by atoms with Gasteiger partial charge in [0, 0.05) is 10.0 Å². The second-order valence-electron chi connectivity index (χ2n) is 3.61. The van der Waals surface area contributed by atoms with Gasteiger partial charge in [0.1, 0.15) is 0 Å². The average molecular weight is 281 g/mol. The molecular formula is C12H13BrN2O. The normalized spacial score (nSPS) is 12.6. The minimum absolute atomic E-state index is 0.0833. The van der Waals surface area contributed by atoms with Crippen LogP contribution in [0.25, 0.3) is 0 Å². The second kappa shape index (κ2) is 5.30. The van der Waals surface area contributed by atoms with Crippen LogP contribution < -0.4 is 11.3 Å². The van der Waals surface area contributed by atoms with Crippen molar-refractivity contribution in [2.45, 2.75) is 12.5 Å². The molecule has 0 bridgehead atoms. The first-order valence-corrected chi connectivity index (χ1v) is 5.81. The fraction of sp³-hybridized carbons (Fsp3) is 0.167. The molecular weight excluding hydrogens is 268 g/mol. The molecule has 0 saturated carbocycles. The summed E-state index contributed by atoms with van der Waals surface area (Å²) in [5.41, 5.74) is 5.09. The lowest BCUT2D eigenvalue weighted by Crippen LogP contribution is -2.29. The Hall–Kier alpha value is -1.10. The summed E-state index contributed by atoms with van der Waals surface area (Å²) in [5, 5.41) is 0. The first-order valence-electron chi connectivity index (χ1n) is 5.02. The minimum atomic E-state index is 0.0833. The summed E-state index contributed by atoms with van der Waals surface area (Å²) < 4.78 is 6.13. The van der Waals surface area contributed by atoms with Gasteiger partial charge in [0.2, 0.25) is 0 Å². The monoisotopic (exact) mass is 280 g/mol. The molecule has 1 unspecified atom stereocenters. The summed E-state index contributed by atoms with van der Waals surface area (Å²) in [4.78, 5) is 0. The third-order valence-corrected chi connectivity index (χ3v) is 3.03. The van der Waals surface area contributed by atoms with Gasteiger partial charge in [-0.1, -0.05) is 28.1 Å². The van der Waals surface area contributed by atoms with Gasteiger partial charge >= 0.3 is 0 Å². The van der Waals surface area contributed by atoms with Crippen LogP contribution in [-0.4, -0.2) is 0 Å². The van der Waals surface area contributed by atoms with Gasteiger partial charge in [0.05, 0.1) is 18.6 Å². The number of hydrogen-bond acceptors (Lipinski definition) is 3. The first kappa shape index (κ1) is 11.4. The van der Waals surface area contributed by atoms with Gasteiger partial charge < -0.3 is 4.42 Å². The number of nitrogens with one attached hydrogen (secondary N) is 1. The Labute approximate surface area is 103 Å². The van der Waals surface area contributed by atoms with E-state index >= 15 is 0 Å². The van der Waals surface area contributed by atoms with Crippen LogP contribution >= 0.6 is 15.9 Å². The van der Waals surface area contributed by atoms with Crippen LogP contribution in [0.1, 0.15) is 17.2 Å². The van der Waals surface area contributed by atoms with Crippen molar-refractivity contribution in [3.05, 3.63) is 58.5 Å². The lowest BCUT2D eigenvalue weighted by atomic mass is 10.0. The maximum atomic E-state index is 5.54. The predicted octanol–water partition coefficient (Wildman–Crippen LogP) is 2.79. The van der Waals surface area contributed by atoms with Gasteiger partial charge in [-0.15, -0.1) is 0 Å². The molecule has 0 fully saturated rings. The molecule has 1 aromatic heterocycles. The van der Waals surface area contributed by atoms with Crippen molar-refractivity contribution in [3.8, 4) is 0 Å². The molecule has 3 N–H and O–H groups in total. The summed E-state index contributed by atoms with van der Waals surface area (Å²) >= 11 is 3.41. The maximum Gasteiger partial charge on any atom is 0.0950 e. The Morgan fingerprint density at radius 1 is 1.25 bits per heavy atom. The number of nitrogens with two attached hydrogens (primary N) is 1. The molecule has 1 atom stereocenters. The zero-order valence-corrected chi connectivity index (χ0v) is 10.3. The van der Waals surface area contributed by atoms with Crippen molar-refractivity contribution in [3.63, 3.8) is 0 Å². The van der Waals surface area contributed by atoms with Crippen LogP contribution in [0.3, 0.4) is 0 Å². The van der Waals surface area contributed by atoms with E-state index < -0.39 is 0 Å². The molecule has 0 spiro atoms. The molecule has 0 radical (unpaired) electrons. The van der Waals surface area contributed by atoms with Gasteiger partial charge in [0.15, 0.2) is 0 Å². The van der Waals surface area contributed by atoms with Crippen LogP contribution in [0, 0.1) is 0 Å². The largest absolute Gasteiger partial charge is 0.472 e. The molecule has 0 amide bonds. The van der Waals surface area contributed by atoms with E-state index in [-0.39, 0.29) is 6.04 Å². The zero-order valence-electron chi connectivity index (χ0n) is 8.69. The Balaban J connectivity index is 2.10. The quantitative estimate of drug-likeness (QED) is 0.669. The molecule has 16 heavy (non-hydrogen) atoms. The van der Waals surface area contributed by atoms with Crippen molar-refractivity contribution in [1.82, 2.24) is 5.43 Å². The minimum Gasteiger partial charge on any atom is -0.472 e. The fourth-order valence-electron chi connectivity index (χ4n) is 1.60. The number of hydrogen-bond donors (Lipinski definition) is 2. The molecule has 2 rings (SSSR count). The van der Waals surface area contributed by atoms with Crippen molar-refractivity contribution < 1.29 is 4.42 Å². The van der Waals surface area contributed by atoms with Crippen LogP contribution in [-0.2, 0) is 6.42 Å². The number of benzene rings is 1. The Kier molecular flexibility index (Phi) is 3.77. The predicted molar refractivity (Wildman–Crippen MR) is 66.6 cm³/mol. The zero-order chi connectivity index (χ0) is 11.4. The Morgan fingerprint density at radius 3 is 2.56 bits per heavy atom. The Morgan fingerprint density at radius 2 is 2.00 bits per heavy atom. The molecule has 84 valence electrons. The van der Waals surface area contributed by atoms with E-state index in [2.05, 4.69) is 33.5 Å². The van der Waals surface area contributed by atoms with E-state index in [1.807, 2.05) is 18.2 Å². The molecule has 0 saturated heterocycles. The topological polar surface area (TPSA) is 51.2 Å². The van der Waals surface area contributed by atoms with Crippen LogP contribution in [0.2, 0.25) is 0 Å². The summed E-state index contributed by atoms with van der Waals surface area (Å²) in [6, 6.07) is 10.2. The number of furan rings is 1. The SMILES string of the molecule is NNC(Cc1ccc(Br)cc1)c1ccoc1. The number of halogens is 1. The van der Waals surface area contributed by atoms with Crippen molar-refractivity contribution >= 4 is 15.9 Å². The van der Waals surface area contributed by atoms with Gasteiger partial charge in [-0.25, -0.2) is 0 Å². The molecule has 0 aliphatic heterocycles. The van der Waals surface area contributed by atoms with E-state index in [0.29, 0.717) is 0 Å². The third-order valence-electron chi connectivity index (χ3n) is 2.50. The van der Waals surface area contributed by atoms with E-state index in [9.17, 15) is 0 Å². The molecule has 0 aliphatic rings. The van der Waals surface area contributed by atoms with E-state index in [4.69, 9.17) is 10.3 Å². The van der Waals surface area contributed by atoms with E-state index in [1.165, 1.54) is 5.56 Å². The van der Waals surface area contributed by atoms with Crippen LogP contribution in [0.4, 0.5) is 0 Å². The van der Waals surface area contributed by atoms with Crippen molar-refractivity contribution in [2.75, 3.05) is 0 Å². The van der Waals surface area contributed by atoms with Crippen LogP contribution in [0.5, 0.6) is 0 Å². The van der Waals surface area contributed by atoms with E-state index in [0.717, 1.165) is 16.5 Å². The highest BCUT2D eigenvalue weighted by Gasteiger charge is 2.11. The molecule has 4 heteroatoms. The summed E-state index contributed by atoms with van der Waals surface area (Å²) in [7, 11) is 0. The highest BCUT2D eigenvalue weighted by Crippen LogP contribution is 2.19. The van der Waals surface area contributed by atoms with Crippen LogP contribution in [0.15, 0.2) is 51.7 Å². The standard InChI is InChI=1S/C12H13BrN2O/c13-11-3-1-9(2-4-11)7-12(15-14)10-5-6-16-8-10/h1-6,8,12,15H,7,14H2. The number of rotatable bonds is 4. The van der Waals surface area contributed by atoms with Gasteiger partial charge in [0.25, 0.3) is 0 Å². The van der Waals surface area contributed by atoms with Crippen molar-refractivity contribution in [2.24, 2.45) is 5.84 Å². The molecule has 0 aliphatic carbocycles. The first-order chi connectivity index (χ1) is 7.79. The fourth-order valence-corrected chi connectivity index (χ4v) is 1.87. The highest BCUT2D eigenvalue weighted by molar-refractivity contribution is 9.10.